The Kier molecular flexibility index (Phi) is 5.07. The zero-order valence-corrected chi connectivity index (χ0v) is 16.4. The molecule has 2 N–H and O–H groups in total. The second kappa shape index (κ2) is 7.66. The Balaban J connectivity index is 1.45. The molecule has 0 amide bonds. The van der Waals surface area contributed by atoms with Crippen molar-refractivity contribution in [1.82, 2.24) is 5.43 Å². The van der Waals surface area contributed by atoms with Crippen molar-refractivity contribution >= 4 is 33.0 Å². The molecule has 0 saturated heterocycles. The van der Waals surface area contributed by atoms with E-state index in [4.69, 9.17) is 11.6 Å². The molecule has 5 nitrogen and oxygen atoms in total. The van der Waals surface area contributed by atoms with Crippen LogP contribution in [0, 0.1) is 0 Å². The van der Waals surface area contributed by atoms with Crippen molar-refractivity contribution in [3.8, 4) is 0 Å². The number of rotatable bonds is 5. The molecule has 0 bridgehead atoms. The number of halogens is 1. The smallest absolute Gasteiger partial charge is 0.261 e. The molecule has 1 aliphatic heterocycles. The van der Waals surface area contributed by atoms with Crippen molar-refractivity contribution in [3.05, 3.63) is 95.0 Å². The average molecular weight is 412 g/mol. The van der Waals surface area contributed by atoms with Gasteiger partial charge in [-0.05, 0) is 47.5 Å². The van der Waals surface area contributed by atoms with Gasteiger partial charge in [-0.3, -0.25) is 4.72 Å². The van der Waals surface area contributed by atoms with Crippen molar-refractivity contribution in [1.29, 1.82) is 0 Å². The molecule has 3 aromatic carbocycles. The molecule has 1 aliphatic rings. The van der Waals surface area contributed by atoms with E-state index in [1.54, 1.807) is 24.3 Å². The van der Waals surface area contributed by atoms with E-state index in [-0.39, 0.29) is 10.9 Å². The van der Waals surface area contributed by atoms with Gasteiger partial charge < -0.3 is 5.43 Å². The van der Waals surface area contributed by atoms with Gasteiger partial charge >= 0.3 is 0 Å². The summed E-state index contributed by atoms with van der Waals surface area (Å²) in [6, 6.07) is 23.6. The van der Waals surface area contributed by atoms with E-state index in [1.807, 2.05) is 30.3 Å². The van der Waals surface area contributed by atoms with Gasteiger partial charge in [-0.25, -0.2) is 8.42 Å². The molecule has 7 heteroatoms. The highest BCUT2D eigenvalue weighted by Gasteiger charge is 2.21. The van der Waals surface area contributed by atoms with Crippen molar-refractivity contribution in [2.45, 2.75) is 17.4 Å². The molecule has 0 radical (unpaired) electrons. The molecule has 3 aromatic rings. The van der Waals surface area contributed by atoms with Gasteiger partial charge in [0.2, 0.25) is 0 Å². The van der Waals surface area contributed by atoms with Crippen LogP contribution in [0.1, 0.15) is 23.6 Å². The van der Waals surface area contributed by atoms with Crippen LogP contribution in [0.3, 0.4) is 0 Å². The first-order valence-electron chi connectivity index (χ1n) is 8.77. The van der Waals surface area contributed by atoms with Crippen molar-refractivity contribution in [2.24, 2.45) is 5.10 Å². The summed E-state index contributed by atoms with van der Waals surface area (Å²) in [5.74, 6) is 0. The molecule has 1 unspecified atom stereocenters. The third-order valence-corrected chi connectivity index (χ3v) is 6.20. The Hall–Kier alpha value is -2.83. The lowest BCUT2D eigenvalue weighted by atomic mass is 9.99. The SMILES string of the molecule is O=S(=O)(Nc1ccc(C2=NNC(c3ccccc3)C2)cc1)c1ccc(Cl)cc1. The normalized spacial score (nSPS) is 16.3. The Labute approximate surface area is 169 Å². The molecular weight excluding hydrogens is 394 g/mol. The summed E-state index contributed by atoms with van der Waals surface area (Å²) < 4.78 is 27.5. The lowest BCUT2D eigenvalue weighted by Crippen LogP contribution is -2.13. The highest BCUT2D eigenvalue weighted by molar-refractivity contribution is 7.92. The summed E-state index contributed by atoms with van der Waals surface area (Å²) in [5.41, 5.74) is 6.75. The highest BCUT2D eigenvalue weighted by Crippen LogP contribution is 2.25. The maximum Gasteiger partial charge on any atom is 0.261 e. The standard InChI is InChI=1S/C21H18ClN3O2S/c22-17-8-12-19(13-9-17)28(26,27)25-18-10-6-16(7-11-18)21-14-20(23-24-21)15-4-2-1-3-5-15/h1-13,20,23,25H,14H2. The van der Waals surface area contributed by atoms with Crippen molar-refractivity contribution in [3.63, 3.8) is 0 Å². The van der Waals surface area contributed by atoms with E-state index in [2.05, 4.69) is 27.4 Å². The number of hydrogen-bond donors (Lipinski definition) is 2. The van der Waals surface area contributed by atoms with Gasteiger partial charge in [-0.1, -0.05) is 54.1 Å². The Morgan fingerprint density at radius 1 is 0.929 bits per heavy atom. The quantitative estimate of drug-likeness (QED) is 0.645. The van der Waals surface area contributed by atoms with Crippen molar-refractivity contribution < 1.29 is 8.42 Å². The summed E-state index contributed by atoms with van der Waals surface area (Å²) in [5, 5.41) is 4.93. The number of sulfonamides is 1. The van der Waals surface area contributed by atoms with E-state index in [1.165, 1.54) is 17.7 Å². The van der Waals surface area contributed by atoms with E-state index >= 15 is 0 Å². The van der Waals surface area contributed by atoms with Gasteiger partial charge in [0.15, 0.2) is 0 Å². The first kappa shape index (κ1) is 18.5. The molecule has 0 saturated carbocycles. The Morgan fingerprint density at radius 2 is 1.61 bits per heavy atom. The summed E-state index contributed by atoms with van der Waals surface area (Å²) in [6.07, 6.45) is 0.778. The van der Waals surface area contributed by atoms with Gasteiger partial charge in [0.1, 0.15) is 0 Å². The van der Waals surface area contributed by atoms with Crippen LogP contribution in [-0.2, 0) is 10.0 Å². The molecule has 1 heterocycles. The summed E-state index contributed by atoms with van der Waals surface area (Å²) >= 11 is 5.82. The zero-order chi connectivity index (χ0) is 19.6. The fourth-order valence-electron chi connectivity index (χ4n) is 3.06. The molecule has 0 aliphatic carbocycles. The minimum absolute atomic E-state index is 0.152. The third kappa shape index (κ3) is 4.03. The lowest BCUT2D eigenvalue weighted by molar-refractivity contribution is 0.601. The predicted octanol–water partition coefficient (Wildman–Crippen LogP) is 4.58. The van der Waals surface area contributed by atoms with Gasteiger partial charge in [-0.15, -0.1) is 0 Å². The first-order valence-corrected chi connectivity index (χ1v) is 10.6. The van der Waals surface area contributed by atoms with Crippen LogP contribution >= 0.6 is 11.6 Å². The van der Waals surface area contributed by atoms with E-state index in [0.717, 1.165) is 17.7 Å². The van der Waals surface area contributed by atoms with Crippen LogP contribution in [0.5, 0.6) is 0 Å². The summed E-state index contributed by atoms with van der Waals surface area (Å²) in [6.45, 7) is 0. The van der Waals surface area contributed by atoms with Crippen LogP contribution < -0.4 is 10.1 Å². The second-order valence-corrected chi connectivity index (χ2v) is 8.61. The minimum atomic E-state index is -3.66. The van der Waals surface area contributed by atoms with Gasteiger partial charge in [-0.2, -0.15) is 5.10 Å². The summed E-state index contributed by atoms with van der Waals surface area (Å²) in [7, 11) is -3.66. The van der Waals surface area contributed by atoms with Crippen LogP contribution in [-0.4, -0.2) is 14.1 Å². The molecule has 142 valence electrons. The fourth-order valence-corrected chi connectivity index (χ4v) is 4.24. The maximum atomic E-state index is 12.5. The van der Waals surface area contributed by atoms with E-state index < -0.39 is 10.0 Å². The molecular formula is C21H18ClN3O2S. The lowest BCUT2D eigenvalue weighted by Gasteiger charge is -2.10. The zero-order valence-electron chi connectivity index (χ0n) is 14.8. The maximum absolute atomic E-state index is 12.5. The van der Waals surface area contributed by atoms with E-state index in [0.29, 0.717) is 10.7 Å². The molecule has 0 fully saturated rings. The Bertz CT molecular complexity index is 1100. The van der Waals surface area contributed by atoms with Crippen molar-refractivity contribution in [2.75, 3.05) is 4.72 Å². The molecule has 0 spiro atoms. The predicted molar refractivity (Wildman–Crippen MR) is 112 cm³/mol. The van der Waals surface area contributed by atoms with E-state index in [9.17, 15) is 8.42 Å². The van der Waals surface area contributed by atoms with Gasteiger partial charge in [0.05, 0.1) is 16.6 Å². The highest BCUT2D eigenvalue weighted by atomic mass is 35.5. The van der Waals surface area contributed by atoms with Crippen LogP contribution in [0.25, 0.3) is 0 Å². The monoisotopic (exact) mass is 411 g/mol. The number of nitrogens with zero attached hydrogens (tertiary/aromatic N) is 1. The number of anilines is 1. The molecule has 4 rings (SSSR count). The topological polar surface area (TPSA) is 70.6 Å². The molecule has 0 aromatic heterocycles. The Morgan fingerprint density at radius 3 is 2.29 bits per heavy atom. The van der Waals surface area contributed by atoms with Gasteiger partial charge in [0, 0.05) is 17.1 Å². The average Bonchev–Trinajstić information content (AvgIpc) is 3.19. The second-order valence-electron chi connectivity index (χ2n) is 6.49. The summed E-state index contributed by atoms with van der Waals surface area (Å²) in [4.78, 5) is 0.163. The fraction of sp³-hybridized carbons (Fsp3) is 0.0952. The van der Waals surface area contributed by atoms with Crippen LogP contribution in [0.2, 0.25) is 5.02 Å². The number of hydrogen-bond acceptors (Lipinski definition) is 4. The first-order chi connectivity index (χ1) is 13.5. The van der Waals surface area contributed by atoms with Crippen LogP contribution in [0.15, 0.2) is 88.9 Å². The molecule has 28 heavy (non-hydrogen) atoms. The largest absolute Gasteiger partial charge is 0.302 e. The number of hydrazone groups is 1. The van der Waals surface area contributed by atoms with Gasteiger partial charge in [0.25, 0.3) is 10.0 Å². The minimum Gasteiger partial charge on any atom is -0.302 e. The van der Waals surface area contributed by atoms with Crippen LogP contribution in [0.4, 0.5) is 5.69 Å². The molecule has 1 atom stereocenters. The third-order valence-electron chi connectivity index (χ3n) is 4.55. The number of nitrogens with one attached hydrogen (secondary N) is 2. The number of benzene rings is 3.